The van der Waals surface area contributed by atoms with Crippen LogP contribution in [0.4, 0.5) is 4.79 Å². The number of amides is 2. The Kier molecular flexibility index (Phi) is 6.88. The van der Waals surface area contributed by atoms with Gasteiger partial charge in [-0.25, -0.2) is 4.79 Å². The van der Waals surface area contributed by atoms with Crippen LogP contribution in [0.2, 0.25) is 0 Å². The number of rotatable bonds is 6. The first kappa shape index (κ1) is 18.5. The van der Waals surface area contributed by atoms with E-state index in [0.717, 1.165) is 5.56 Å². The molecule has 1 aromatic carbocycles. The van der Waals surface area contributed by atoms with Gasteiger partial charge in [0, 0.05) is 19.7 Å². The van der Waals surface area contributed by atoms with Gasteiger partial charge in [0.2, 0.25) is 0 Å². The van der Waals surface area contributed by atoms with Gasteiger partial charge in [-0.2, -0.15) is 0 Å². The highest BCUT2D eigenvalue weighted by Gasteiger charge is 2.22. The maximum Gasteiger partial charge on any atom is 0.317 e. The molecule has 1 unspecified atom stereocenters. The number of benzene rings is 1. The van der Waals surface area contributed by atoms with Crippen molar-refractivity contribution >= 4 is 6.03 Å². The summed E-state index contributed by atoms with van der Waals surface area (Å²) in [6.45, 7) is 11.7. The fourth-order valence-corrected chi connectivity index (χ4v) is 2.51. The van der Waals surface area contributed by atoms with Gasteiger partial charge in [0.25, 0.3) is 0 Å². The van der Waals surface area contributed by atoms with E-state index >= 15 is 0 Å². The third kappa shape index (κ3) is 6.06. The van der Waals surface area contributed by atoms with Crippen LogP contribution in [0.3, 0.4) is 0 Å². The van der Waals surface area contributed by atoms with Gasteiger partial charge in [-0.05, 0) is 36.8 Å². The summed E-state index contributed by atoms with van der Waals surface area (Å²) in [5.41, 5.74) is 2.33. The number of aliphatic hydroxyl groups is 1. The molecule has 0 heterocycles. The van der Waals surface area contributed by atoms with Gasteiger partial charge in [-0.1, -0.05) is 45.0 Å². The van der Waals surface area contributed by atoms with Crippen LogP contribution < -0.4 is 5.32 Å². The largest absolute Gasteiger partial charge is 0.396 e. The number of carbonyl (C=O) groups is 1. The molecule has 2 amide bonds. The minimum atomic E-state index is -0.0703. The van der Waals surface area contributed by atoms with Crippen molar-refractivity contribution in [3.63, 3.8) is 0 Å². The van der Waals surface area contributed by atoms with E-state index in [2.05, 4.69) is 39.1 Å². The van der Waals surface area contributed by atoms with Crippen LogP contribution in [-0.4, -0.2) is 35.7 Å². The fourth-order valence-electron chi connectivity index (χ4n) is 2.51. The van der Waals surface area contributed by atoms with E-state index in [1.807, 2.05) is 25.1 Å². The van der Waals surface area contributed by atoms with Crippen molar-refractivity contribution in [3.05, 3.63) is 35.4 Å². The summed E-state index contributed by atoms with van der Waals surface area (Å²) in [5.74, 6) is 0. The molecule has 4 heteroatoms. The zero-order valence-corrected chi connectivity index (χ0v) is 14.5. The predicted molar refractivity (Wildman–Crippen MR) is 90.9 cm³/mol. The smallest absolute Gasteiger partial charge is 0.317 e. The standard InChI is InChI=1S/C18H30N2O2/c1-14-9-6-7-10-16(14)15(2)19-17(22)20(11-8-12-21)13-18(3,4)5/h6-7,9-10,15,21H,8,11-13H2,1-5H3,(H,19,22). The lowest BCUT2D eigenvalue weighted by Crippen LogP contribution is -2.45. The van der Waals surface area contributed by atoms with Crippen LogP contribution in [0.25, 0.3) is 0 Å². The van der Waals surface area contributed by atoms with Crippen molar-refractivity contribution in [3.8, 4) is 0 Å². The number of aryl methyl sites for hydroxylation is 1. The molecule has 0 saturated carbocycles. The van der Waals surface area contributed by atoms with E-state index in [4.69, 9.17) is 5.11 Å². The first-order valence-corrected chi connectivity index (χ1v) is 7.96. The molecule has 0 aliphatic rings. The average molecular weight is 306 g/mol. The van der Waals surface area contributed by atoms with Crippen LogP contribution in [0, 0.1) is 12.3 Å². The Labute approximate surface area is 134 Å². The Morgan fingerprint density at radius 1 is 1.32 bits per heavy atom. The predicted octanol–water partition coefficient (Wildman–Crippen LogP) is 3.50. The normalized spacial score (nSPS) is 12.8. The zero-order valence-electron chi connectivity index (χ0n) is 14.5. The van der Waals surface area contributed by atoms with Crippen molar-refractivity contribution in [2.75, 3.05) is 19.7 Å². The number of hydrogen-bond acceptors (Lipinski definition) is 2. The Morgan fingerprint density at radius 3 is 2.50 bits per heavy atom. The first-order chi connectivity index (χ1) is 10.2. The summed E-state index contributed by atoms with van der Waals surface area (Å²) in [6, 6.07) is 7.98. The topological polar surface area (TPSA) is 52.6 Å². The highest BCUT2D eigenvalue weighted by Crippen LogP contribution is 2.19. The third-order valence-electron chi connectivity index (χ3n) is 3.53. The lowest BCUT2D eigenvalue weighted by atomic mass is 9.96. The van der Waals surface area contributed by atoms with Gasteiger partial charge in [-0.3, -0.25) is 0 Å². The Balaban J connectivity index is 2.75. The van der Waals surface area contributed by atoms with E-state index in [1.165, 1.54) is 5.56 Å². The van der Waals surface area contributed by atoms with Crippen LogP contribution in [-0.2, 0) is 0 Å². The molecular weight excluding hydrogens is 276 g/mol. The molecule has 2 N–H and O–H groups in total. The molecule has 1 rings (SSSR count). The summed E-state index contributed by atoms with van der Waals surface area (Å²) < 4.78 is 0. The van der Waals surface area contributed by atoms with Gasteiger partial charge in [0.05, 0.1) is 6.04 Å². The minimum Gasteiger partial charge on any atom is -0.396 e. The SMILES string of the molecule is Cc1ccccc1C(C)NC(=O)N(CCCO)CC(C)(C)C. The van der Waals surface area contributed by atoms with Crippen LogP contribution in [0.1, 0.15) is 51.3 Å². The van der Waals surface area contributed by atoms with Gasteiger partial charge in [0.1, 0.15) is 0 Å². The monoisotopic (exact) mass is 306 g/mol. The van der Waals surface area contributed by atoms with E-state index < -0.39 is 0 Å². The van der Waals surface area contributed by atoms with Crippen molar-refractivity contribution < 1.29 is 9.90 Å². The summed E-state index contributed by atoms with van der Waals surface area (Å²) >= 11 is 0. The summed E-state index contributed by atoms with van der Waals surface area (Å²) in [6.07, 6.45) is 0.599. The maximum absolute atomic E-state index is 12.6. The van der Waals surface area contributed by atoms with Crippen molar-refractivity contribution in [2.24, 2.45) is 5.41 Å². The van der Waals surface area contributed by atoms with Crippen molar-refractivity contribution in [1.82, 2.24) is 10.2 Å². The molecule has 0 saturated heterocycles. The molecule has 0 aromatic heterocycles. The van der Waals surface area contributed by atoms with Crippen molar-refractivity contribution in [1.29, 1.82) is 0 Å². The highest BCUT2D eigenvalue weighted by atomic mass is 16.3. The lowest BCUT2D eigenvalue weighted by molar-refractivity contribution is 0.162. The first-order valence-electron chi connectivity index (χ1n) is 7.96. The molecule has 1 atom stereocenters. The lowest BCUT2D eigenvalue weighted by Gasteiger charge is -2.31. The molecule has 0 radical (unpaired) electrons. The second-order valence-corrected chi connectivity index (χ2v) is 7.09. The summed E-state index contributed by atoms with van der Waals surface area (Å²) in [5, 5.41) is 12.1. The number of nitrogens with one attached hydrogen (secondary N) is 1. The summed E-state index contributed by atoms with van der Waals surface area (Å²) in [7, 11) is 0. The van der Waals surface area contributed by atoms with E-state index in [9.17, 15) is 4.79 Å². The van der Waals surface area contributed by atoms with E-state index in [-0.39, 0.29) is 24.1 Å². The van der Waals surface area contributed by atoms with Gasteiger partial charge in [-0.15, -0.1) is 0 Å². The molecule has 4 nitrogen and oxygen atoms in total. The van der Waals surface area contributed by atoms with Gasteiger partial charge >= 0.3 is 6.03 Å². The molecule has 0 aliphatic carbocycles. The fraction of sp³-hybridized carbons (Fsp3) is 0.611. The number of hydrogen-bond donors (Lipinski definition) is 2. The van der Waals surface area contributed by atoms with Gasteiger partial charge in [0.15, 0.2) is 0 Å². The Morgan fingerprint density at radius 2 is 1.95 bits per heavy atom. The number of aliphatic hydroxyl groups excluding tert-OH is 1. The van der Waals surface area contributed by atoms with E-state index in [1.54, 1.807) is 4.90 Å². The quantitative estimate of drug-likeness (QED) is 0.845. The molecule has 22 heavy (non-hydrogen) atoms. The Bertz CT molecular complexity index is 480. The van der Waals surface area contributed by atoms with Crippen molar-refractivity contribution in [2.45, 2.75) is 47.1 Å². The van der Waals surface area contributed by atoms with E-state index in [0.29, 0.717) is 19.5 Å². The van der Waals surface area contributed by atoms with Crippen LogP contribution >= 0.6 is 0 Å². The zero-order chi connectivity index (χ0) is 16.8. The second-order valence-electron chi connectivity index (χ2n) is 7.09. The molecule has 1 aromatic rings. The highest BCUT2D eigenvalue weighted by molar-refractivity contribution is 5.74. The van der Waals surface area contributed by atoms with Gasteiger partial charge < -0.3 is 15.3 Å². The molecule has 124 valence electrons. The summed E-state index contributed by atoms with van der Waals surface area (Å²) in [4.78, 5) is 14.4. The average Bonchev–Trinajstić information content (AvgIpc) is 2.42. The molecular formula is C18H30N2O2. The number of nitrogens with zero attached hydrogens (tertiary/aromatic N) is 1. The Hall–Kier alpha value is -1.55. The third-order valence-corrected chi connectivity index (χ3v) is 3.53. The minimum absolute atomic E-state index is 0.0265. The molecule has 0 spiro atoms. The van der Waals surface area contributed by atoms with Crippen LogP contribution in [0.15, 0.2) is 24.3 Å². The second kappa shape index (κ2) is 8.18. The number of urea groups is 1. The number of carbonyl (C=O) groups excluding carboxylic acids is 1. The molecule has 0 bridgehead atoms. The van der Waals surface area contributed by atoms with Crippen LogP contribution in [0.5, 0.6) is 0 Å². The molecule has 0 fully saturated rings. The maximum atomic E-state index is 12.6. The molecule has 0 aliphatic heterocycles.